The van der Waals surface area contributed by atoms with Gasteiger partial charge in [-0.05, 0) is 30.9 Å². The standard InChI is InChI=1S/C13H18N2O2/c1-3-4-9-7-11(9)15-10-5-6-14-12(8-10)13(16)17-2/h5-6,8-9,11H,3-4,7H2,1-2H3,(H,14,15). The third kappa shape index (κ3) is 2.96. The molecule has 4 nitrogen and oxygen atoms in total. The lowest BCUT2D eigenvalue weighted by Crippen LogP contribution is -2.08. The van der Waals surface area contributed by atoms with E-state index in [-0.39, 0.29) is 0 Å². The molecule has 1 aliphatic rings. The molecule has 0 aliphatic heterocycles. The maximum atomic E-state index is 11.3. The lowest BCUT2D eigenvalue weighted by Gasteiger charge is -2.06. The van der Waals surface area contributed by atoms with E-state index >= 15 is 0 Å². The number of hydrogen-bond donors (Lipinski definition) is 1. The molecule has 1 saturated carbocycles. The van der Waals surface area contributed by atoms with Crippen molar-refractivity contribution in [2.45, 2.75) is 32.2 Å². The van der Waals surface area contributed by atoms with Crippen LogP contribution in [-0.4, -0.2) is 24.1 Å². The van der Waals surface area contributed by atoms with Crippen LogP contribution in [0.25, 0.3) is 0 Å². The summed E-state index contributed by atoms with van der Waals surface area (Å²) in [5, 5.41) is 3.42. The van der Waals surface area contributed by atoms with Crippen molar-refractivity contribution in [2.75, 3.05) is 12.4 Å². The number of rotatable bonds is 5. The zero-order valence-corrected chi connectivity index (χ0v) is 10.3. The number of hydrogen-bond acceptors (Lipinski definition) is 4. The number of methoxy groups -OCH3 is 1. The monoisotopic (exact) mass is 234 g/mol. The van der Waals surface area contributed by atoms with Crippen LogP contribution in [0.4, 0.5) is 5.69 Å². The zero-order chi connectivity index (χ0) is 12.3. The molecule has 0 bridgehead atoms. The summed E-state index contributed by atoms with van der Waals surface area (Å²) in [4.78, 5) is 15.3. The number of carbonyl (C=O) groups excluding carboxylic acids is 1. The fourth-order valence-corrected chi connectivity index (χ4v) is 2.06. The molecule has 4 heteroatoms. The van der Waals surface area contributed by atoms with Crippen molar-refractivity contribution in [3.05, 3.63) is 24.0 Å². The highest BCUT2D eigenvalue weighted by atomic mass is 16.5. The molecule has 1 N–H and O–H groups in total. The van der Waals surface area contributed by atoms with Crippen molar-refractivity contribution in [1.29, 1.82) is 0 Å². The van der Waals surface area contributed by atoms with Gasteiger partial charge in [0.2, 0.25) is 0 Å². The molecule has 2 atom stereocenters. The first-order valence-corrected chi connectivity index (χ1v) is 6.05. The van der Waals surface area contributed by atoms with Gasteiger partial charge in [0.15, 0.2) is 0 Å². The van der Waals surface area contributed by atoms with Crippen LogP contribution in [-0.2, 0) is 4.74 Å². The normalized spacial score (nSPS) is 22.0. The van der Waals surface area contributed by atoms with Gasteiger partial charge in [0.25, 0.3) is 0 Å². The Morgan fingerprint density at radius 2 is 2.47 bits per heavy atom. The van der Waals surface area contributed by atoms with E-state index in [1.54, 1.807) is 12.3 Å². The van der Waals surface area contributed by atoms with E-state index in [4.69, 9.17) is 0 Å². The fourth-order valence-electron chi connectivity index (χ4n) is 2.06. The van der Waals surface area contributed by atoms with E-state index in [1.807, 2.05) is 6.07 Å². The number of nitrogens with zero attached hydrogens (tertiary/aromatic N) is 1. The smallest absolute Gasteiger partial charge is 0.356 e. The van der Waals surface area contributed by atoms with Crippen LogP contribution in [0, 0.1) is 5.92 Å². The third-order valence-electron chi connectivity index (χ3n) is 3.09. The van der Waals surface area contributed by atoms with E-state index in [9.17, 15) is 4.79 Å². The largest absolute Gasteiger partial charge is 0.464 e. The molecule has 1 aliphatic carbocycles. The summed E-state index contributed by atoms with van der Waals surface area (Å²) in [5.74, 6) is 0.393. The predicted molar refractivity (Wildman–Crippen MR) is 66.0 cm³/mol. The molecule has 0 radical (unpaired) electrons. The van der Waals surface area contributed by atoms with Crippen LogP contribution in [0.1, 0.15) is 36.7 Å². The van der Waals surface area contributed by atoms with Gasteiger partial charge in [-0.15, -0.1) is 0 Å². The van der Waals surface area contributed by atoms with Crippen LogP contribution < -0.4 is 5.32 Å². The minimum absolute atomic E-state index is 0.352. The molecule has 2 unspecified atom stereocenters. The number of pyridine rings is 1. The quantitative estimate of drug-likeness (QED) is 0.795. The van der Waals surface area contributed by atoms with E-state index in [1.165, 1.54) is 26.4 Å². The first-order chi connectivity index (χ1) is 8.24. The number of carbonyl (C=O) groups is 1. The SMILES string of the molecule is CCCC1CC1Nc1ccnc(C(=O)OC)c1. The molecule has 2 rings (SSSR count). The Hall–Kier alpha value is -1.58. The van der Waals surface area contributed by atoms with E-state index in [0.717, 1.165) is 11.6 Å². The van der Waals surface area contributed by atoms with Gasteiger partial charge in [-0.25, -0.2) is 9.78 Å². The highest BCUT2D eigenvalue weighted by Crippen LogP contribution is 2.37. The average molecular weight is 234 g/mol. The van der Waals surface area contributed by atoms with Gasteiger partial charge >= 0.3 is 5.97 Å². The number of anilines is 1. The maximum absolute atomic E-state index is 11.3. The number of ether oxygens (including phenoxy) is 1. The zero-order valence-electron chi connectivity index (χ0n) is 10.3. The van der Waals surface area contributed by atoms with E-state index in [2.05, 4.69) is 22.0 Å². The highest BCUT2D eigenvalue weighted by Gasteiger charge is 2.35. The third-order valence-corrected chi connectivity index (χ3v) is 3.09. The van der Waals surface area contributed by atoms with Crippen molar-refractivity contribution < 1.29 is 9.53 Å². The Morgan fingerprint density at radius 3 is 3.18 bits per heavy atom. The summed E-state index contributed by atoms with van der Waals surface area (Å²) in [6, 6.07) is 4.18. The van der Waals surface area contributed by atoms with Crippen molar-refractivity contribution >= 4 is 11.7 Å². The van der Waals surface area contributed by atoms with Crippen LogP contribution in [0.5, 0.6) is 0 Å². The van der Waals surface area contributed by atoms with Gasteiger partial charge in [-0.2, -0.15) is 0 Å². The van der Waals surface area contributed by atoms with Gasteiger partial charge < -0.3 is 10.1 Å². The molecule has 17 heavy (non-hydrogen) atoms. The molecular formula is C13H18N2O2. The molecule has 0 aromatic carbocycles. The second-order valence-electron chi connectivity index (χ2n) is 4.46. The molecule has 92 valence electrons. The summed E-state index contributed by atoms with van der Waals surface area (Å²) in [6.45, 7) is 2.21. The second kappa shape index (κ2) is 5.17. The molecule has 1 fully saturated rings. The van der Waals surface area contributed by atoms with Gasteiger partial charge in [0.05, 0.1) is 7.11 Å². The molecule has 0 saturated heterocycles. The maximum Gasteiger partial charge on any atom is 0.356 e. The molecular weight excluding hydrogens is 216 g/mol. The molecule has 1 aromatic rings. The van der Waals surface area contributed by atoms with Crippen molar-refractivity contribution in [2.24, 2.45) is 5.92 Å². The van der Waals surface area contributed by atoms with Crippen LogP contribution >= 0.6 is 0 Å². The Bertz CT molecular complexity index is 406. The molecule has 1 aromatic heterocycles. The van der Waals surface area contributed by atoms with Crippen molar-refractivity contribution in [3.63, 3.8) is 0 Å². The lowest BCUT2D eigenvalue weighted by molar-refractivity contribution is 0.0594. The summed E-state index contributed by atoms with van der Waals surface area (Å²) in [6.07, 6.45) is 5.36. The van der Waals surface area contributed by atoms with Crippen LogP contribution in [0.15, 0.2) is 18.3 Å². The number of esters is 1. The summed E-state index contributed by atoms with van der Waals surface area (Å²) >= 11 is 0. The van der Waals surface area contributed by atoms with Gasteiger partial charge in [0.1, 0.15) is 5.69 Å². The van der Waals surface area contributed by atoms with E-state index < -0.39 is 5.97 Å². The van der Waals surface area contributed by atoms with Crippen LogP contribution in [0.2, 0.25) is 0 Å². The first kappa shape index (κ1) is 11.9. The van der Waals surface area contributed by atoms with Gasteiger partial charge in [0, 0.05) is 17.9 Å². The lowest BCUT2D eigenvalue weighted by atomic mass is 10.2. The molecule has 1 heterocycles. The van der Waals surface area contributed by atoms with Crippen LogP contribution in [0.3, 0.4) is 0 Å². The van der Waals surface area contributed by atoms with Gasteiger partial charge in [-0.3, -0.25) is 0 Å². The summed E-state index contributed by atoms with van der Waals surface area (Å²) in [5.41, 5.74) is 1.30. The average Bonchev–Trinajstić information content (AvgIpc) is 3.07. The number of aromatic nitrogens is 1. The Labute approximate surface area is 101 Å². The highest BCUT2D eigenvalue weighted by molar-refractivity contribution is 5.88. The molecule has 0 spiro atoms. The Balaban J connectivity index is 1.96. The minimum Gasteiger partial charge on any atom is -0.464 e. The van der Waals surface area contributed by atoms with Crippen molar-refractivity contribution in [3.8, 4) is 0 Å². The van der Waals surface area contributed by atoms with E-state index in [0.29, 0.717) is 11.7 Å². The summed E-state index contributed by atoms with van der Waals surface area (Å²) in [7, 11) is 1.36. The fraction of sp³-hybridized carbons (Fsp3) is 0.538. The van der Waals surface area contributed by atoms with Gasteiger partial charge in [-0.1, -0.05) is 13.3 Å². The summed E-state index contributed by atoms with van der Waals surface area (Å²) < 4.78 is 4.64. The second-order valence-corrected chi connectivity index (χ2v) is 4.46. The van der Waals surface area contributed by atoms with Crippen molar-refractivity contribution in [1.82, 2.24) is 4.98 Å². The molecule has 0 amide bonds. The first-order valence-electron chi connectivity index (χ1n) is 6.05. The Morgan fingerprint density at radius 1 is 1.65 bits per heavy atom. The predicted octanol–water partition coefficient (Wildman–Crippen LogP) is 2.47. The number of nitrogens with one attached hydrogen (secondary N) is 1. The Kier molecular flexibility index (Phi) is 3.61. The minimum atomic E-state index is -0.394. The topological polar surface area (TPSA) is 51.2 Å².